The van der Waals surface area contributed by atoms with Gasteiger partial charge in [0.15, 0.2) is 5.78 Å². The summed E-state index contributed by atoms with van der Waals surface area (Å²) in [6.07, 6.45) is -1.77. The maximum Gasteiger partial charge on any atom is 0.409 e. The predicted octanol–water partition coefficient (Wildman–Crippen LogP) is 2.24. The molecule has 2 amide bonds. The number of carbonyl (C=O) groups is 3. The lowest BCUT2D eigenvalue weighted by Gasteiger charge is -2.12. The Balaban J connectivity index is 3.33. The number of benzene rings is 1. The highest BCUT2D eigenvalue weighted by molar-refractivity contribution is 6.12. The number of para-hydroxylation sites is 1. The van der Waals surface area contributed by atoms with Gasteiger partial charge >= 0.3 is 12.2 Å². The summed E-state index contributed by atoms with van der Waals surface area (Å²) in [5.41, 5.74) is -0.145. The first-order chi connectivity index (χ1) is 8.45. The van der Waals surface area contributed by atoms with Crippen LogP contribution in [0.4, 0.5) is 21.0 Å². The number of carboxylic acid groups (broad SMARTS) is 2. The van der Waals surface area contributed by atoms with E-state index in [9.17, 15) is 14.4 Å². The summed E-state index contributed by atoms with van der Waals surface area (Å²) in [7, 11) is 0. The number of hydrogen-bond donors (Lipinski definition) is 4. The molecule has 94 valence electrons. The van der Waals surface area contributed by atoms with Gasteiger partial charge < -0.3 is 10.2 Å². The fourth-order valence-electron chi connectivity index (χ4n) is 1.33. The van der Waals surface area contributed by atoms with Crippen LogP contribution in [0.15, 0.2) is 30.9 Å². The standard InChI is InChI=1S/C11H10N2O5/c1-2-8(14)6-4-3-5-7(12-10(15)16)9(6)13-11(17)18/h2-5,12-13H,1H2,(H,15,16)(H,17,18). The van der Waals surface area contributed by atoms with Gasteiger partial charge in [0.05, 0.1) is 11.4 Å². The molecule has 0 aliphatic carbocycles. The Morgan fingerprint density at radius 3 is 2.22 bits per heavy atom. The van der Waals surface area contributed by atoms with Gasteiger partial charge in [-0.2, -0.15) is 0 Å². The first-order valence-corrected chi connectivity index (χ1v) is 4.75. The van der Waals surface area contributed by atoms with Gasteiger partial charge in [0, 0.05) is 5.56 Å². The molecule has 1 aromatic carbocycles. The molecule has 4 N–H and O–H groups in total. The zero-order valence-corrected chi connectivity index (χ0v) is 9.14. The smallest absolute Gasteiger partial charge is 0.409 e. The van der Waals surface area contributed by atoms with Crippen molar-refractivity contribution in [2.24, 2.45) is 0 Å². The molecule has 1 aromatic rings. The molecule has 0 aromatic heterocycles. The number of nitrogens with one attached hydrogen (secondary N) is 2. The van der Waals surface area contributed by atoms with Gasteiger partial charge in [-0.25, -0.2) is 9.59 Å². The number of rotatable bonds is 4. The van der Waals surface area contributed by atoms with Crippen LogP contribution in [0.25, 0.3) is 0 Å². The van der Waals surface area contributed by atoms with Crippen LogP contribution in [0.2, 0.25) is 0 Å². The Labute approximate surface area is 102 Å². The molecule has 0 radical (unpaired) electrons. The van der Waals surface area contributed by atoms with E-state index in [0.29, 0.717) is 0 Å². The Hall–Kier alpha value is -2.83. The molecular weight excluding hydrogens is 240 g/mol. The van der Waals surface area contributed by atoms with Crippen molar-refractivity contribution in [2.75, 3.05) is 10.6 Å². The molecule has 0 spiro atoms. The summed E-state index contributed by atoms with van der Waals surface area (Å²) in [5.74, 6) is -0.521. The largest absolute Gasteiger partial charge is 0.465 e. The van der Waals surface area contributed by atoms with Gasteiger partial charge in [0.1, 0.15) is 0 Å². The molecular formula is C11H10N2O5. The van der Waals surface area contributed by atoms with Gasteiger partial charge in [-0.1, -0.05) is 12.6 Å². The third-order valence-electron chi connectivity index (χ3n) is 1.99. The summed E-state index contributed by atoms with van der Waals surface area (Å²) in [6, 6.07) is 4.12. The maximum absolute atomic E-state index is 11.5. The molecule has 18 heavy (non-hydrogen) atoms. The third-order valence-corrected chi connectivity index (χ3v) is 1.99. The van der Waals surface area contributed by atoms with E-state index in [1.165, 1.54) is 18.2 Å². The van der Waals surface area contributed by atoms with Crippen LogP contribution in [-0.2, 0) is 0 Å². The topological polar surface area (TPSA) is 116 Å². The lowest BCUT2D eigenvalue weighted by atomic mass is 10.1. The van der Waals surface area contributed by atoms with E-state index in [-0.39, 0.29) is 16.9 Å². The lowest BCUT2D eigenvalue weighted by molar-refractivity contribution is 0.104. The van der Waals surface area contributed by atoms with E-state index < -0.39 is 18.0 Å². The minimum absolute atomic E-state index is 0.0126. The quantitative estimate of drug-likeness (QED) is 0.483. The van der Waals surface area contributed by atoms with Crippen LogP contribution >= 0.6 is 0 Å². The Kier molecular flexibility index (Phi) is 4.03. The molecule has 0 atom stereocenters. The van der Waals surface area contributed by atoms with Crippen LogP contribution in [0, 0.1) is 0 Å². The molecule has 0 saturated heterocycles. The lowest BCUT2D eigenvalue weighted by Crippen LogP contribution is -2.16. The zero-order valence-electron chi connectivity index (χ0n) is 9.14. The highest BCUT2D eigenvalue weighted by Crippen LogP contribution is 2.27. The molecule has 0 aliphatic heterocycles. The summed E-state index contributed by atoms with van der Waals surface area (Å²) < 4.78 is 0. The monoisotopic (exact) mass is 250 g/mol. The molecule has 0 fully saturated rings. The van der Waals surface area contributed by atoms with E-state index in [1.807, 2.05) is 10.6 Å². The van der Waals surface area contributed by atoms with Gasteiger partial charge in [0.2, 0.25) is 0 Å². The van der Waals surface area contributed by atoms with E-state index in [1.54, 1.807) is 0 Å². The number of carbonyl (C=O) groups excluding carboxylic acids is 1. The van der Waals surface area contributed by atoms with Gasteiger partial charge in [-0.3, -0.25) is 15.4 Å². The molecule has 0 aliphatic rings. The number of hydrogen-bond acceptors (Lipinski definition) is 3. The summed E-state index contributed by atoms with van der Waals surface area (Å²) in [4.78, 5) is 32.7. The highest BCUT2D eigenvalue weighted by Gasteiger charge is 2.16. The fourth-order valence-corrected chi connectivity index (χ4v) is 1.33. The Bertz CT molecular complexity index is 524. The van der Waals surface area contributed by atoms with Crippen molar-refractivity contribution in [2.45, 2.75) is 0 Å². The van der Waals surface area contributed by atoms with Crippen molar-refractivity contribution in [3.05, 3.63) is 36.4 Å². The highest BCUT2D eigenvalue weighted by atomic mass is 16.4. The second-order valence-corrected chi connectivity index (χ2v) is 3.16. The van der Waals surface area contributed by atoms with Crippen LogP contribution in [-0.4, -0.2) is 28.2 Å². The van der Waals surface area contributed by atoms with Crippen LogP contribution in [0.3, 0.4) is 0 Å². The van der Waals surface area contributed by atoms with Crippen LogP contribution in [0.5, 0.6) is 0 Å². The van der Waals surface area contributed by atoms with Gasteiger partial charge in [-0.15, -0.1) is 0 Å². The predicted molar refractivity (Wildman–Crippen MR) is 64.3 cm³/mol. The number of anilines is 2. The first kappa shape index (κ1) is 13.2. The Morgan fingerprint density at radius 1 is 1.11 bits per heavy atom. The molecule has 0 heterocycles. The minimum atomic E-state index is -1.41. The van der Waals surface area contributed by atoms with Gasteiger partial charge in [-0.05, 0) is 18.2 Å². The van der Waals surface area contributed by atoms with Crippen molar-refractivity contribution in [1.29, 1.82) is 0 Å². The van der Waals surface area contributed by atoms with E-state index in [4.69, 9.17) is 10.2 Å². The van der Waals surface area contributed by atoms with Crippen LogP contribution in [0.1, 0.15) is 10.4 Å². The SMILES string of the molecule is C=CC(=O)c1cccc(NC(=O)O)c1NC(=O)O. The minimum Gasteiger partial charge on any atom is -0.465 e. The van der Waals surface area contributed by atoms with E-state index in [2.05, 4.69) is 6.58 Å². The second-order valence-electron chi connectivity index (χ2n) is 3.16. The average molecular weight is 250 g/mol. The Morgan fingerprint density at radius 2 is 1.72 bits per heavy atom. The molecule has 1 rings (SSSR count). The van der Waals surface area contributed by atoms with E-state index in [0.717, 1.165) is 6.08 Å². The van der Waals surface area contributed by atoms with E-state index >= 15 is 0 Å². The zero-order chi connectivity index (χ0) is 13.7. The van der Waals surface area contributed by atoms with Crippen molar-refractivity contribution < 1.29 is 24.6 Å². The summed E-state index contributed by atoms with van der Waals surface area (Å²) in [5, 5.41) is 21.3. The maximum atomic E-state index is 11.5. The van der Waals surface area contributed by atoms with Crippen molar-refractivity contribution in [3.8, 4) is 0 Å². The van der Waals surface area contributed by atoms with Crippen LogP contribution < -0.4 is 10.6 Å². The molecule has 7 heteroatoms. The summed E-state index contributed by atoms with van der Waals surface area (Å²) in [6.45, 7) is 3.29. The third kappa shape index (κ3) is 3.08. The number of amides is 2. The molecule has 0 unspecified atom stereocenters. The molecule has 0 saturated carbocycles. The first-order valence-electron chi connectivity index (χ1n) is 4.75. The fraction of sp³-hybridized carbons (Fsp3) is 0. The average Bonchev–Trinajstić information content (AvgIpc) is 2.29. The number of ketones is 1. The molecule has 7 nitrogen and oxygen atoms in total. The van der Waals surface area contributed by atoms with Crippen molar-refractivity contribution >= 4 is 29.3 Å². The molecule has 0 bridgehead atoms. The number of allylic oxidation sites excluding steroid dienone is 1. The van der Waals surface area contributed by atoms with Crippen molar-refractivity contribution in [3.63, 3.8) is 0 Å². The summed E-state index contributed by atoms with van der Waals surface area (Å²) >= 11 is 0. The second kappa shape index (κ2) is 5.48. The normalized spacial score (nSPS) is 9.33. The van der Waals surface area contributed by atoms with Crippen molar-refractivity contribution in [1.82, 2.24) is 0 Å². The van der Waals surface area contributed by atoms with Gasteiger partial charge in [0.25, 0.3) is 0 Å².